The van der Waals surface area contributed by atoms with Gasteiger partial charge in [0, 0.05) is 12.4 Å². The summed E-state index contributed by atoms with van der Waals surface area (Å²) in [6, 6.07) is 5.72. The van der Waals surface area contributed by atoms with Crippen molar-refractivity contribution in [2.24, 2.45) is 0 Å². The van der Waals surface area contributed by atoms with Gasteiger partial charge >= 0.3 is 33.5 Å². The molecule has 0 spiro atoms. The van der Waals surface area contributed by atoms with Crippen LogP contribution >= 0.6 is 0 Å². The first-order chi connectivity index (χ1) is 13.1. The van der Waals surface area contributed by atoms with E-state index in [1.165, 1.54) is 80.9 Å². The molecule has 1 aromatic rings. The van der Waals surface area contributed by atoms with Crippen molar-refractivity contribution >= 4 is 11.7 Å². The van der Waals surface area contributed by atoms with Crippen molar-refractivity contribution in [2.75, 3.05) is 0 Å². The van der Waals surface area contributed by atoms with Crippen molar-refractivity contribution in [1.82, 2.24) is 4.98 Å². The van der Waals surface area contributed by atoms with Gasteiger partial charge in [-0.3, -0.25) is 4.98 Å². The third-order valence-corrected chi connectivity index (χ3v) is 6.19. The van der Waals surface area contributed by atoms with Gasteiger partial charge in [-0.15, -0.1) is 0 Å². The molecule has 0 unspecified atom stereocenters. The molecule has 0 bridgehead atoms. The molecular weight excluding hydrogens is 484 g/mol. The second-order valence-corrected chi connectivity index (χ2v) is 7.27. The quantitative estimate of drug-likeness (QED) is 0.350. The molecule has 28 heavy (non-hydrogen) atoms. The van der Waals surface area contributed by atoms with E-state index in [9.17, 15) is 0 Å². The standard InChI is InChI=1S/2C10H15.C5H5N.Se.Zr/c2*1-6-7(2)9(4)10(5)8(6)3;1-2-4-6-5-3-1;;/h2*1-5H3;1-5H;;. The molecule has 0 saturated heterocycles. The Morgan fingerprint density at radius 3 is 0.679 bits per heavy atom. The van der Waals surface area contributed by atoms with Crippen molar-refractivity contribution in [1.29, 1.82) is 0 Å². The molecule has 1 heterocycles. The zero-order valence-corrected chi connectivity index (χ0v) is 23.4. The van der Waals surface area contributed by atoms with E-state index in [0.29, 0.717) is 0 Å². The molecule has 2 fully saturated rings. The maximum atomic E-state index is 3.78. The molecule has 0 aromatic carbocycles. The molecule has 2 saturated carbocycles. The molecule has 150 valence electrons. The van der Waals surface area contributed by atoms with E-state index in [0.717, 1.165) is 0 Å². The molecule has 1 aromatic heterocycles. The average molecular weight is 520 g/mol. The van der Waals surface area contributed by atoms with Crippen LogP contribution in [0.25, 0.3) is 0 Å². The fourth-order valence-electron chi connectivity index (χ4n) is 3.13. The first-order valence-electron chi connectivity index (χ1n) is 9.55. The van der Waals surface area contributed by atoms with Crippen molar-refractivity contribution in [3.8, 4) is 0 Å². The molecular formula is C25H35NSeZr. The Balaban J connectivity index is 0.000000384. The average Bonchev–Trinajstić information content (AvgIpc) is 3.02. The van der Waals surface area contributed by atoms with Crippen LogP contribution in [-0.2, 0) is 21.7 Å². The number of nitrogens with zero attached hydrogens (tertiary/aromatic N) is 1. The molecule has 0 aliphatic heterocycles. The minimum absolute atomic E-state index is 1.43. The summed E-state index contributed by atoms with van der Waals surface area (Å²) >= 11 is 4.14. The number of rotatable bonds is 0. The smallest absolute Gasteiger partial charge is 0.0267 e. The van der Waals surface area contributed by atoms with E-state index in [1.807, 2.05) is 18.2 Å². The van der Waals surface area contributed by atoms with Gasteiger partial charge in [0.2, 0.25) is 0 Å². The minimum Gasteiger partial charge on any atom is -0.265 e. The van der Waals surface area contributed by atoms with Gasteiger partial charge in [-0.2, -0.15) is 0 Å². The number of hydrogen-bond donors (Lipinski definition) is 0. The van der Waals surface area contributed by atoms with Crippen LogP contribution < -0.4 is 0 Å². The molecule has 0 N–H and O–H groups in total. The Hall–Kier alpha value is 0.553. The molecule has 10 radical (unpaired) electrons. The monoisotopic (exact) mass is 519 g/mol. The van der Waals surface area contributed by atoms with E-state index >= 15 is 0 Å². The summed E-state index contributed by atoms with van der Waals surface area (Å²) in [5, 5.41) is 0. The van der Waals surface area contributed by atoms with Crippen LogP contribution in [0.4, 0.5) is 0 Å². The van der Waals surface area contributed by atoms with Gasteiger partial charge < -0.3 is 0 Å². The summed E-state index contributed by atoms with van der Waals surface area (Å²) < 4.78 is 0. The summed E-state index contributed by atoms with van der Waals surface area (Å²) in [7, 11) is 0. The van der Waals surface area contributed by atoms with Gasteiger partial charge in [-0.25, -0.2) is 0 Å². The summed E-state index contributed by atoms with van der Waals surface area (Å²) in [5.74, 6) is 14.7. The third-order valence-electron chi connectivity index (χ3n) is 6.19. The SMILES string of the molecule is C[C]1[C](C)[C](C)[C](C)[C]1C.C[C]1[C](C)[C](C)[C](C)[C]1C.[Se]=[Zr].c1ccncc1. The zero-order chi connectivity index (χ0) is 22.0. The number of hydrogen-bond acceptors (Lipinski definition) is 1. The predicted octanol–water partition coefficient (Wildman–Crippen LogP) is 6.64. The fraction of sp³-hybridized carbons (Fsp3) is 0.400. The van der Waals surface area contributed by atoms with Gasteiger partial charge in [0.05, 0.1) is 0 Å². The zero-order valence-electron chi connectivity index (χ0n) is 19.2. The van der Waals surface area contributed by atoms with Crippen molar-refractivity contribution in [2.45, 2.75) is 69.2 Å². The maximum Gasteiger partial charge on any atom is 0.0267 e. The number of pyridine rings is 1. The van der Waals surface area contributed by atoms with Crippen LogP contribution in [0, 0.1) is 59.2 Å². The Labute approximate surface area is 196 Å². The summed E-state index contributed by atoms with van der Waals surface area (Å²) in [5.41, 5.74) is 0. The maximum absolute atomic E-state index is 3.78. The van der Waals surface area contributed by atoms with Gasteiger partial charge in [-0.05, 0) is 71.3 Å². The molecule has 0 amide bonds. The normalized spacial score (nSPS) is 22.2. The van der Waals surface area contributed by atoms with Gasteiger partial charge in [0.1, 0.15) is 0 Å². The number of aromatic nitrogens is 1. The van der Waals surface area contributed by atoms with Crippen molar-refractivity contribution < 1.29 is 21.7 Å². The van der Waals surface area contributed by atoms with Gasteiger partial charge in [0.15, 0.2) is 0 Å². The van der Waals surface area contributed by atoms with Crippen LogP contribution in [0.2, 0.25) is 0 Å². The largest absolute Gasteiger partial charge is 0.265 e. The molecule has 1 nitrogen and oxygen atoms in total. The van der Waals surface area contributed by atoms with Gasteiger partial charge in [0.25, 0.3) is 0 Å². The van der Waals surface area contributed by atoms with E-state index in [4.69, 9.17) is 0 Å². The second kappa shape index (κ2) is 14.5. The van der Waals surface area contributed by atoms with Crippen molar-refractivity contribution in [3.63, 3.8) is 0 Å². The molecule has 2 aliphatic rings. The van der Waals surface area contributed by atoms with Crippen LogP contribution in [0.3, 0.4) is 0 Å². The first-order valence-corrected chi connectivity index (χ1v) is 15.6. The van der Waals surface area contributed by atoms with E-state index in [2.05, 4.69) is 85.9 Å². The van der Waals surface area contributed by atoms with Crippen LogP contribution in [0.1, 0.15) is 69.2 Å². The Kier molecular flexibility index (Phi) is 14.8. The van der Waals surface area contributed by atoms with Crippen LogP contribution in [0.15, 0.2) is 30.6 Å². The third kappa shape index (κ3) is 8.00. The topological polar surface area (TPSA) is 12.9 Å². The summed E-state index contributed by atoms with van der Waals surface area (Å²) in [4.78, 5) is 3.78. The molecule has 3 rings (SSSR count). The Bertz CT molecular complexity index is 364. The van der Waals surface area contributed by atoms with Gasteiger partial charge in [-0.1, -0.05) is 75.3 Å². The van der Waals surface area contributed by atoms with Crippen LogP contribution in [0.5, 0.6) is 0 Å². The molecule has 0 atom stereocenters. The second-order valence-electron chi connectivity index (χ2n) is 7.27. The first kappa shape index (κ1) is 28.6. The predicted molar refractivity (Wildman–Crippen MR) is 119 cm³/mol. The van der Waals surface area contributed by atoms with E-state index in [-0.39, 0.29) is 0 Å². The summed E-state index contributed by atoms with van der Waals surface area (Å²) in [6.45, 7) is 22.0. The van der Waals surface area contributed by atoms with Crippen LogP contribution in [-0.4, -0.2) is 16.7 Å². The Morgan fingerprint density at radius 2 is 0.607 bits per heavy atom. The summed E-state index contributed by atoms with van der Waals surface area (Å²) in [6.07, 6.45) is 3.50. The van der Waals surface area contributed by atoms with E-state index < -0.39 is 0 Å². The minimum atomic E-state index is 1.43. The van der Waals surface area contributed by atoms with Crippen molar-refractivity contribution in [3.05, 3.63) is 89.8 Å². The fourth-order valence-corrected chi connectivity index (χ4v) is 3.13. The van der Waals surface area contributed by atoms with E-state index in [1.54, 1.807) is 12.4 Å². The Morgan fingerprint density at radius 1 is 0.429 bits per heavy atom. The molecule has 2 aliphatic carbocycles. The molecule has 3 heteroatoms.